The minimum absolute atomic E-state index is 0.0993. The zero-order valence-electron chi connectivity index (χ0n) is 13.6. The summed E-state index contributed by atoms with van der Waals surface area (Å²) in [5, 5.41) is 8.86. The van der Waals surface area contributed by atoms with Gasteiger partial charge in [-0.15, -0.1) is 10.2 Å². The first-order valence-corrected chi connectivity index (χ1v) is 8.38. The van der Waals surface area contributed by atoms with Crippen molar-refractivity contribution >= 4 is 17.5 Å². The molecule has 25 heavy (non-hydrogen) atoms. The van der Waals surface area contributed by atoms with E-state index in [9.17, 15) is 9.18 Å². The van der Waals surface area contributed by atoms with E-state index in [-0.39, 0.29) is 17.1 Å². The summed E-state index contributed by atoms with van der Waals surface area (Å²) >= 11 is 1.24. The number of pyridine rings is 1. The topological polar surface area (TPSA) is 69.9 Å². The van der Waals surface area contributed by atoms with Crippen molar-refractivity contribution in [2.24, 2.45) is 7.05 Å². The van der Waals surface area contributed by atoms with Crippen LogP contribution in [-0.2, 0) is 7.05 Å². The minimum Gasteiger partial charge on any atom is -0.496 e. The first kappa shape index (κ1) is 17.1. The third kappa shape index (κ3) is 3.69. The van der Waals surface area contributed by atoms with Gasteiger partial charge in [0, 0.05) is 25.0 Å². The molecule has 0 bridgehead atoms. The van der Waals surface area contributed by atoms with Gasteiger partial charge in [0.15, 0.2) is 16.8 Å². The molecular formula is C17H15FN4O2S. The maximum atomic E-state index is 13.4. The fourth-order valence-corrected chi connectivity index (χ4v) is 3.09. The second-order valence-electron chi connectivity index (χ2n) is 5.16. The largest absolute Gasteiger partial charge is 0.496 e. The smallest absolute Gasteiger partial charge is 0.191 e. The van der Waals surface area contributed by atoms with Gasteiger partial charge in [-0.25, -0.2) is 4.39 Å². The van der Waals surface area contributed by atoms with Gasteiger partial charge in [0.1, 0.15) is 11.6 Å². The Morgan fingerprint density at radius 1 is 1.24 bits per heavy atom. The van der Waals surface area contributed by atoms with Gasteiger partial charge in [-0.2, -0.15) is 0 Å². The molecule has 128 valence electrons. The van der Waals surface area contributed by atoms with Crippen molar-refractivity contribution in [2.75, 3.05) is 12.9 Å². The molecule has 0 fully saturated rings. The maximum absolute atomic E-state index is 13.4. The molecule has 8 heteroatoms. The second-order valence-corrected chi connectivity index (χ2v) is 6.10. The number of hydrogen-bond acceptors (Lipinski definition) is 6. The lowest BCUT2D eigenvalue weighted by Gasteiger charge is -2.07. The average Bonchev–Trinajstić information content (AvgIpc) is 3.01. The minimum atomic E-state index is -0.479. The molecule has 2 heterocycles. The van der Waals surface area contributed by atoms with E-state index in [1.54, 1.807) is 17.0 Å². The Hall–Kier alpha value is -2.74. The third-order valence-electron chi connectivity index (χ3n) is 3.57. The number of hydrogen-bond donors (Lipinski definition) is 0. The van der Waals surface area contributed by atoms with Gasteiger partial charge in [-0.05, 0) is 30.3 Å². The molecule has 2 aromatic heterocycles. The van der Waals surface area contributed by atoms with Crippen LogP contribution in [0.15, 0.2) is 47.9 Å². The molecule has 1 aromatic carbocycles. The number of benzene rings is 1. The summed E-state index contributed by atoms with van der Waals surface area (Å²) in [6.07, 6.45) is 3.35. The molecule has 0 saturated heterocycles. The number of carbonyl (C=O) groups excluding carboxylic acids is 1. The van der Waals surface area contributed by atoms with Crippen LogP contribution in [0.3, 0.4) is 0 Å². The quantitative estimate of drug-likeness (QED) is 0.498. The van der Waals surface area contributed by atoms with Crippen molar-refractivity contribution < 1.29 is 13.9 Å². The number of rotatable bonds is 6. The Balaban J connectivity index is 1.76. The van der Waals surface area contributed by atoms with Crippen molar-refractivity contribution in [3.8, 4) is 17.1 Å². The number of methoxy groups -OCH3 is 1. The van der Waals surface area contributed by atoms with Gasteiger partial charge in [0.25, 0.3) is 0 Å². The predicted molar refractivity (Wildman–Crippen MR) is 92.2 cm³/mol. The lowest BCUT2D eigenvalue weighted by atomic mass is 10.1. The molecule has 6 nitrogen and oxygen atoms in total. The summed E-state index contributed by atoms with van der Waals surface area (Å²) in [5.41, 5.74) is 1.10. The van der Waals surface area contributed by atoms with Crippen molar-refractivity contribution in [1.82, 2.24) is 19.7 Å². The van der Waals surface area contributed by atoms with Gasteiger partial charge >= 0.3 is 0 Å². The Morgan fingerprint density at radius 3 is 2.72 bits per heavy atom. The third-order valence-corrected chi connectivity index (χ3v) is 4.59. The molecule has 0 aliphatic heterocycles. The molecule has 0 amide bonds. The Labute approximate surface area is 148 Å². The number of carbonyl (C=O) groups is 1. The summed E-state index contributed by atoms with van der Waals surface area (Å²) < 4.78 is 20.3. The number of nitrogens with zero attached hydrogens (tertiary/aromatic N) is 4. The van der Waals surface area contributed by atoms with E-state index in [2.05, 4.69) is 15.2 Å². The van der Waals surface area contributed by atoms with Gasteiger partial charge < -0.3 is 9.30 Å². The molecule has 3 rings (SSSR count). The van der Waals surface area contributed by atoms with Crippen molar-refractivity contribution in [1.29, 1.82) is 0 Å². The Bertz CT molecular complexity index is 899. The summed E-state index contributed by atoms with van der Waals surface area (Å²) in [7, 11) is 3.27. The molecular weight excluding hydrogens is 343 g/mol. The zero-order valence-corrected chi connectivity index (χ0v) is 14.5. The highest BCUT2D eigenvalue weighted by molar-refractivity contribution is 7.99. The summed E-state index contributed by atoms with van der Waals surface area (Å²) in [4.78, 5) is 16.4. The highest BCUT2D eigenvalue weighted by Crippen LogP contribution is 2.25. The van der Waals surface area contributed by atoms with Crippen LogP contribution in [0, 0.1) is 5.82 Å². The highest BCUT2D eigenvalue weighted by Gasteiger charge is 2.17. The summed E-state index contributed by atoms with van der Waals surface area (Å²) in [6, 6.07) is 7.55. The molecule has 0 N–H and O–H groups in total. The van der Waals surface area contributed by atoms with Crippen LogP contribution in [0.5, 0.6) is 5.75 Å². The number of ether oxygens (including phenoxy) is 1. The first-order valence-electron chi connectivity index (χ1n) is 7.39. The van der Waals surface area contributed by atoms with Crippen LogP contribution < -0.4 is 4.74 Å². The van der Waals surface area contributed by atoms with E-state index in [0.29, 0.717) is 16.7 Å². The summed E-state index contributed by atoms with van der Waals surface area (Å²) in [5.74, 6) is 0.410. The highest BCUT2D eigenvalue weighted by atomic mass is 32.2. The Morgan fingerprint density at radius 2 is 2.00 bits per heavy atom. The summed E-state index contributed by atoms with van der Waals surface area (Å²) in [6.45, 7) is 0. The maximum Gasteiger partial charge on any atom is 0.191 e. The fraction of sp³-hybridized carbons (Fsp3) is 0.176. The van der Waals surface area contributed by atoms with Crippen LogP contribution in [0.2, 0.25) is 0 Å². The van der Waals surface area contributed by atoms with Crippen molar-refractivity contribution in [3.63, 3.8) is 0 Å². The standard InChI is InChI=1S/C17H15FN4O2S/c1-22-16(11-5-7-19-8-6-11)20-21-17(22)25-10-14(23)13-9-12(18)3-4-15(13)24-2/h3-9H,10H2,1-2H3. The second kappa shape index (κ2) is 7.43. The van der Waals surface area contributed by atoms with Crippen LogP contribution in [0.25, 0.3) is 11.4 Å². The Kier molecular flexibility index (Phi) is 5.08. The van der Waals surface area contributed by atoms with Crippen molar-refractivity contribution in [3.05, 3.63) is 54.1 Å². The number of aromatic nitrogens is 4. The SMILES string of the molecule is COc1ccc(F)cc1C(=O)CSc1nnc(-c2ccncc2)n1C. The van der Waals surface area contributed by atoms with E-state index >= 15 is 0 Å². The number of halogens is 1. The van der Waals surface area contributed by atoms with E-state index in [1.165, 1.54) is 37.1 Å². The predicted octanol–water partition coefficient (Wildman–Crippen LogP) is 3.00. The fourth-order valence-electron chi connectivity index (χ4n) is 2.30. The molecule has 0 unspecified atom stereocenters. The monoisotopic (exact) mass is 358 g/mol. The van der Waals surface area contributed by atoms with Crippen LogP contribution in [-0.4, -0.2) is 38.4 Å². The van der Waals surface area contributed by atoms with Gasteiger partial charge in [0.2, 0.25) is 0 Å². The van der Waals surface area contributed by atoms with Crippen LogP contribution >= 0.6 is 11.8 Å². The van der Waals surface area contributed by atoms with Crippen LogP contribution in [0.4, 0.5) is 4.39 Å². The molecule has 0 atom stereocenters. The molecule has 0 radical (unpaired) electrons. The molecule has 0 saturated carbocycles. The first-order chi connectivity index (χ1) is 12.1. The van der Waals surface area contributed by atoms with E-state index in [0.717, 1.165) is 5.56 Å². The number of ketones is 1. The van der Waals surface area contributed by atoms with E-state index in [1.807, 2.05) is 19.2 Å². The van der Waals surface area contributed by atoms with E-state index in [4.69, 9.17) is 4.74 Å². The van der Waals surface area contributed by atoms with Gasteiger partial charge in [-0.1, -0.05) is 11.8 Å². The zero-order chi connectivity index (χ0) is 17.8. The normalized spacial score (nSPS) is 10.7. The number of thioether (sulfide) groups is 1. The number of Topliss-reactive ketones (excluding diaryl/α,β-unsaturated/α-hetero) is 1. The molecule has 3 aromatic rings. The molecule has 0 aliphatic carbocycles. The van der Waals surface area contributed by atoms with Gasteiger partial charge in [-0.3, -0.25) is 9.78 Å². The lowest BCUT2D eigenvalue weighted by molar-refractivity contribution is 0.101. The van der Waals surface area contributed by atoms with Gasteiger partial charge in [0.05, 0.1) is 18.4 Å². The molecule has 0 spiro atoms. The van der Waals surface area contributed by atoms with E-state index < -0.39 is 5.82 Å². The average molecular weight is 358 g/mol. The molecule has 0 aliphatic rings. The van der Waals surface area contributed by atoms with Crippen molar-refractivity contribution in [2.45, 2.75) is 5.16 Å². The lowest BCUT2D eigenvalue weighted by Crippen LogP contribution is -2.06. The van der Waals surface area contributed by atoms with Crippen LogP contribution in [0.1, 0.15) is 10.4 Å².